The number of aliphatic hydroxyl groups is 2. The van der Waals surface area contributed by atoms with E-state index in [2.05, 4.69) is 16.0 Å². The highest BCUT2D eigenvalue weighted by molar-refractivity contribution is 5.93. The van der Waals surface area contributed by atoms with Gasteiger partial charge in [0.15, 0.2) is 0 Å². The molecule has 6 unspecified atom stereocenters. The Morgan fingerprint density at radius 1 is 0.926 bits per heavy atom. The highest BCUT2D eigenvalue weighted by atomic mass is 16.4. The molecule has 0 aromatic heterocycles. The lowest BCUT2D eigenvalue weighted by atomic mass is 9.98. The Hall–Kier alpha value is -2.24. The van der Waals surface area contributed by atoms with Crippen molar-refractivity contribution in [2.75, 3.05) is 6.54 Å². The third-order valence-electron chi connectivity index (χ3n) is 4.10. The first-order chi connectivity index (χ1) is 12.4. The minimum absolute atomic E-state index is 0.363. The normalized spacial score (nSPS) is 17.6. The number of rotatable bonds is 11. The van der Waals surface area contributed by atoms with E-state index in [1.165, 1.54) is 13.8 Å². The molecular weight excluding hydrogens is 360 g/mol. The molecule has 0 saturated carbocycles. The van der Waals surface area contributed by atoms with E-state index in [9.17, 15) is 34.5 Å². The minimum atomic E-state index is -1.41. The number of carbonyl (C=O) groups is 4. The molecule has 0 aromatic carbocycles. The average molecular weight is 390 g/mol. The first-order valence-corrected chi connectivity index (χ1v) is 8.64. The number of nitrogens with one attached hydrogen (secondary N) is 3. The summed E-state index contributed by atoms with van der Waals surface area (Å²) < 4.78 is 0. The van der Waals surface area contributed by atoms with Crippen LogP contribution in [0.1, 0.15) is 34.1 Å². The largest absolute Gasteiger partial charge is 0.480 e. The second-order valence-corrected chi connectivity index (χ2v) is 6.48. The molecule has 0 saturated heterocycles. The summed E-state index contributed by atoms with van der Waals surface area (Å²) in [7, 11) is 0. The first-order valence-electron chi connectivity index (χ1n) is 8.64. The summed E-state index contributed by atoms with van der Waals surface area (Å²) in [4.78, 5) is 47.1. The Kier molecular flexibility index (Phi) is 10.5. The summed E-state index contributed by atoms with van der Waals surface area (Å²) in [5.74, 6) is -4.01. The van der Waals surface area contributed by atoms with Gasteiger partial charge < -0.3 is 37.0 Å². The molecule has 0 aliphatic heterocycles. The summed E-state index contributed by atoms with van der Waals surface area (Å²) in [6, 6.07) is -3.81. The van der Waals surface area contributed by atoms with Crippen LogP contribution >= 0.6 is 0 Å². The second kappa shape index (κ2) is 11.5. The standard InChI is InChI=1S/C16H30N4O7/c1-5-7(2)12(16(26)27)20-15(25)13(9(4)22)19-10(23)6-18-14(24)11(17)8(3)21/h7-9,11-13,21-22H,5-6,17H2,1-4H3,(H,18,24)(H,19,23)(H,20,25)(H,26,27). The Bertz CT molecular complexity index is 539. The maximum Gasteiger partial charge on any atom is 0.326 e. The molecule has 27 heavy (non-hydrogen) atoms. The van der Waals surface area contributed by atoms with Gasteiger partial charge in [0.05, 0.1) is 18.8 Å². The van der Waals surface area contributed by atoms with Gasteiger partial charge in [0.2, 0.25) is 17.7 Å². The molecule has 6 atom stereocenters. The number of carbonyl (C=O) groups excluding carboxylic acids is 3. The molecule has 0 rings (SSSR count). The monoisotopic (exact) mass is 390 g/mol. The lowest BCUT2D eigenvalue weighted by Gasteiger charge is -2.25. The quantitative estimate of drug-likeness (QED) is 0.198. The second-order valence-electron chi connectivity index (χ2n) is 6.48. The molecule has 3 amide bonds. The number of carboxylic acids is 1. The minimum Gasteiger partial charge on any atom is -0.480 e. The Morgan fingerprint density at radius 3 is 1.89 bits per heavy atom. The van der Waals surface area contributed by atoms with Crippen molar-refractivity contribution >= 4 is 23.7 Å². The molecule has 11 heteroatoms. The SMILES string of the molecule is CCC(C)C(NC(=O)C(NC(=O)CNC(=O)C(N)C(C)O)C(C)O)C(=O)O. The average Bonchev–Trinajstić information content (AvgIpc) is 2.59. The van der Waals surface area contributed by atoms with Crippen LogP contribution in [0.3, 0.4) is 0 Å². The predicted molar refractivity (Wildman–Crippen MR) is 95.3 cm³/mol. The fourth-order valence-corrected chi connectivity index (χ4v) is 2.06. The van der Waals surface area contributed by atoms with Crippen molar-refractivity contribution in [3.63, 3.8) is 0 Å². The summed E-state index contributed by atoms with van der Waals surface area (Å²) >= 11 is 0. The van der Waals surface area contributed by atoms with Crippen LogP contribution in [0.25, 0.3) is 0 Å². The van der Waals surface area contributed by atoms with Gasteiger partial charge in [-0.25, -0.2) is 4.79 Å². The third-order valence-corrected chi connectivity index (χ3v) is 4.10. The number of aliphatic hydroxyl groups excluding tert-OH is 2. The molecule has 0 heterocycles. The number of aliphatic carboxylic acids is 1. The van der Waals surface area contributed by atoms with Crippen molar-refractivity contribution in [3.05, 3.63) is 0 Å². The van der Waals surface area contributed by atoms with Crippen LogP contribution in [0.15, 0.2) is 0 Å². The molecule has 0 radical (unpaired) electrons. The molecule has 0 aromatic rings. The van der Waals surface area contributed by atoms with Crippen molar-refractivity contribution in [2.24, 2.45) is 11.7 Å². The summed E-state index contributed by atoms with van der Waals surface area (Å²) in [5, 5.41) is 34.9. The van der Waals surface area contributed by atoms with E-state index in [4.69, 9.17) is 5.73 Å². The highest BCUT2D eigenvalue weighted by Gasteiger charge is 2.32. The summed E-state index contributed by atoms with van der Waals surface area (Å²) in [5.41, 5.74) is 5.42. The molecule has 0 aliphatic carbocycles. The number of nitrogens with two attached hydrogens (primary N) is 1. The van der Waals surface area contributed by atoms with Crippen LogP contribution < -0.4 is 21.7 Å². The van der Waals surface area contributed by atoms with E-state index in [0.717, 1.165) is 0 Å². The van der Waals surface area contributed by atoms with Gasteiger partial charge >= 0.3 is 5.97 Å². The van der Waals surface area contributed by atoms with Gasteiger partial charge in [-0.1, -0.05) is 20.3 Å². The lowest BCUT2D eigenvalue weighted by molar-refractivity contribution is -0.144. The van der Waals surface area contributed by atoms with E-state index in [1.54, 1.807) is 13.8 Å². The van der Waals surface area contributed by atoms with E-state index in [1.807, 2.05) is 0 Å². The molecule has 156 valence electrons. The highest BCUT2D eigenvalue weighted by Crippen LogP contribution is 2.08. The Labute approximate surface area is 157 Å². The van der Waals surface area contributed by atoms with Crippen molar-refractivity contribution in [1.82, 2.24) is 16.0 Å². The van der Waals surface area contributed by atoms with Gasteiger partial charge in [-0.2, -0.15) is 0 Å². The van der Waals surface area contributed by atoms with Gasteiger partial charge in [0.25, 0.3) is 0 Å². The smallest absolute Gasteiger partial charge is 0.326 e. The zero-order chi connectivity index (χ0) is 21.3. The van der Waals surface area contributed by atoms with Crippen molar-refractivity contribution in [2.45, 2.75) is 64.4 Å². The van der Waals surface area contributed by atoms with Crippen LogP contribution in [0.5, 0.6) is 0 Å². The Morgan fingerprint density at radius 2 is 1.48 bits per heavy atom. The van der Waals surface area contributed by atoms with Crippen LogP contribution in [-0.2, 0) is 19.2 Å². The lowest BCUT2D eigenvalue weighted by Crippen LogP contribution is -2.58. The van der Waals surface area contributed by atoms with Crippen LogP contribution in [0, 0.1) is 5.92 Å². The van der Waals surface area contributed by atoms with Gasteiger partial charge in [-0.15, -0.1) is 0 Å². The van der Waals surface area contributed by atoms with E-state index < -0.39 is 60.6 Å². The molecular formula is C16H30N4O7. The fourth-order valence-electron chi connectivity index (χ4n) is 2.06. The summed E-state index contributed by atoms with van der Waals surface area (Å²) in [6.45, 7) is 5.44. The predicted octanol–water partition coefficient (Wildman–Crippen LogP) is -2.71. The van der Waals surface area contributed by atoms with Crippen molar-refractivity contribution < 1.29 is 34.5 Å². The van der Waals surface area contributed by atoms with E-state index in [-0.39, 0.29) is 5.92 Å². The molecule has 11 nitrogen and oxygen atoms in total. The zero-order valence-electron chi connectivity index (χ0n) is 15.9. The first kappa shape index (κ1) is 24.8. The molecule has 0 aliphatic rings. The van der Waals surface area contributed by atoms with E-state index in [0.29, 0.717) is 6.42 Å². The zero-order valence-corrected chi connectivity index (χ0v) is 15.9. The molecule has 8 N–H and O–H groups in total. The van der Waals surface area contributed by atoms with Gasteiger partial charge in [-0.3, -0.25) is 14.4 Å². The number of amides is 3. The van der Waals surface area contributed by atoms with Gasteiger partial charge in [0, 0.05) is 0 Å². The Balaban J connectivity index is 4.88. The van der Waals surface area contributed by atoms with Crippen LogP contribution in [0.2, 0.25) is 0 Å². The maximum atomic E-state index is 12.3. The van der Waals surface area contributed by atoms with Crippen molar-refractivity contribution in [3.8, 4) is 0 Å². The fraction of sp³-hybridized carbons (Fsp3) is 0.750. The topological polar surface area (TPSA) is 191 Å². The number of carboxylic acid groups (broad SMARTS) is 1. The molecule has 0 bridgehead atoms. The molecule has 0 fully saturated rings. The van der Waals surface area contributed by atoms with Crippen LogP contribution in [0.4, 0.5) is 0 Å². The van der Waals surface area contributed by atoms with Crippen LogP contribution in [-0.4, -0.2) is 75.9 Å². The number of hydrogen-bond donors (Lipinski definition) is 7. The maximum absolute atomic E-state index is 12.3. The van der Waals surface area contributed by atoms with Gasteiger partial charge in [-0.05, 0) is 19.8 Å². The third kappa shape index (κ3) is 8.33. The van der Waals surface area contributed by atoms with E-state index >= 15 is 0 Å². The number of hydrogen-bond acceptors (Lipinski definition) is 7. The molecule has 0 spiro atoms. The summed E-state index contributed by atoms with van der Waals surface area (Å²) in [6.07, 6.45) is -1.92. The van der Waals surface area contributed by atoms with Crippen molar-refractivity contribution in [1.29, 1.82) is 0 Å². The van der Waals surface area contributed by atoms with Gasteiger partial charge in [0.1, 0.15) is 18.1 Å².